The Morgan fingerprint density at radius 3 is 1.74 bits per heavy atom. The Morgan fingerprint density at radius 1 is 0.957 bits per heavy atom. The monoisotopic (exact) mass is 324 g/mol. The van der Waals surface area contributed by atoms with Crippen molar-refractivity contribution in [2.75, 3.05) is 13.2 Å². The minimum absolute atomic E-state index is 0.00675. The van der Waals surface area contributed by atoms with Gasteiger partial charge in [-0.1, -0.05) is 0 Å². The Labute approximate surface area is 133 Å². The molecule has 0 radical (unpaired) electrons. The molecule has 2 aliphatic carbocycles. The summed E-state index contributed by atoms with van der Waals surface area (Å²) in [5, 5.41) is 0. The molecule has 0 unspecified atom stereocenters. The van der Waals surface area contributed by atoms with Crippen molar-refractivity contribution in [2.45, 2.75) is 39.5 Å². The second-order valence-corrected chi connectivity index (χ2v) is 5.92. The lowest BCUT2D eigenvalue weighted by atomic mass is 9.67. The fourth-order valence-corrected chi connectivity index (χ4v) is 2.87. The lowest BCUT2D eigenvalue weighted by molar-refractivity contribution is -0.179. The number of hydrogen-bond donors (Lipinski definition) is 0. The fraction of sp³-hybridized carbons (Fsp3) is 0.688. The van der Waals surface area contributed by atoms with Crippen LogP contribution in [0, 0.1) is 17.3 Å². The van der Waals surface area contributed by atoms with Crippen molar-refractivity contribution < 1.29 is 33.4 Å². The van der Waals surface area contributed by atoms with Crippen molar-refractivity contribution in [3.8, 4) is 0 Å². The van der Waals surface area contributed by atoms with E-state index in [1.54, 1.807) is 13.8 Å². The molecule has 126 valence electrons. The Hall–Kier alpha value is -2.05. The first kappa shape index (κ1) is 17.3. The van der Waals surface area contributed by atoms with Crippen LogP contribution in [0.2, 0.25) is 0 Å². The van der Waals surface area contributed by atoms with Gasteiger partial charge in [0.1, 0.15) is 5.92 Å². The molecule has 0 aromatic carbocycles. The number of carbonyl (C=O) groups excluding carboxylic acids is 5. The maximum absolute atomic E-state index is 12.4. The highest BCUT2D eigenvalue weighted by molar-refractivity contribution is 6.25. The second kappa shape index (κ2) is 6.60. The summed E-state index contributed by atoms with van der Waals surface area (Å²) in [6.07, 6.45) is 0.298. The van der Waals surface area contributed by atoms with Crippen LogP contribution in [0.1, 0.15) is 39.5 Å². The minimum Gasteiger partial charge on any atom is -0.465 e. The molecule has 0 N–H and O–H groups in total. The second-order valence-electron chi connectivity index (χ2n) is 5.92. The quantitative estimate of drug-likeness (QED) is 0.521. The zero-order valence-electron chi connectivity index (χ0n) is 13.3. The topological polar surface area (TPSA) is 104 Å². The van der Waals surface area contributed by atoms with Crippen molar-refractivity contribution in [2.24, 2.45) is 17.3 Å². The standard InChI is InChI=1S/C16H20O7/c1-3-22-14(20)16(15(21)23-4-2)7-10(17)12(11(18)8-16)13(19)9-5-6-9/h9,12H,3-8H2,1-2H3. The van der Waals surface area contributed by atoms with Crippen molar-refractivity contribution >= 4 is 29.3 Å². The number of rotatable bonds is 6. The molecule has 7 nitrogen and oxygen atoms in total. The highest BCUT2D eigenvalue weighted by Crippen LogP contribution is 2.41. The van der Waals surface area contributed by atoms with Crippen LogP contribution in [-0.2, 0) is 33.4 Å². The number of esters is 2. The molecule has 0 aromatic heterocycles. The SMILES string of the molecule is CCOC(=O)C1(C(=O)OCC)CC(=O)C(C(=O)C2CC2)C(=O)C1. The summed E-state index contributed by atoms with van der Waals surface area (Å²) >= 11 is 0. The van der Waals surface area contributed by atoms with Gasteiger partial charge in [0.05, 0.1) is 13.2 Å². The zero-order chi connectivity index (χ0) is 17.2. The zero-order valence-corrected chi connectivity index (χ0v) is 13.3. The van der Waals surface area contributed by atoms with Gasteiger partial charge in [-0.3, -0.25) is 24.0 Å². The molecule has 2 aliphatic rings. The Morgan fingerprint density at radius 2 is 1.39 bits per heavy atom. The van der Waals surface area contributed by atoms with Crippen LogP contribution in [0.3, 0.4) is 0 Å². The van der Waals surface area contributed by atoms with E-state index < -0.39 is 47.7 Å². The van der Waals surface area contributed by atoms with Gasteiger partial charge in [-0.25, -0.2) is 0 Å². The highest BCUT2D eigenvalue weighted by Gasteiger charge is 2.59. The molecule has 0 aliphatic heterocycles. The van der Waals surface area contributed by atoms with Gasteiger partial charge < -0.3 is 9.47 Å². The maximum atomic E-state index is 12.4. The van der Waals surface area contributed by atoms with Crippen molar-refractivity contribution in [1.29, 1.82) is 0 Å². The smallest absolute Gasteiger partial charge is 0.324 e. The van der Waals surface area contributed by atoms with E-state index in [-0.39, 0.29) is 24.9 Å². The molecule has 0 bridgehead atoms. The third-order valence-electron chi connectivity index (χ3n) is 4.19. The normalized spacial score (nSPS) is 21.0. The fourth-order valence-electron chi connectivity index (χ4n) is 2.87. The molecular weight excluding hydrogens is 304 g/mol. The van der Waals surface area contributed by atoms with Crippen LogP contribution in [-0.4, -0.2) is 42.5 Å². The number of Topliss-reactive ketones (excluding diaryl/α,β-unsaturated/α-hetero) is 3. The third-order valence-corrected chi connectivity index (χ3v) is 4.19. The van der Waals surface area contributed by atoms with Crippen molar-refractivity contribution in [1.82, 2.24) is 0 Å². The van der Waals surface area contributed by atoms with Gasteiger partial charge in [0.25, 0.3) is 0 Å². The van der Waals surface area contributed by atoms with Gasteiger partial charge in [0.15, 0.2) is 22.8 Å². The van der Waals surface area contributed by atoms with Crippen molar-refractivity contribution in [3.63, 3.8) is 0 Å². The number of ether oxygens (including phenoxy) is 2. The van der Waals surface area contributed by atoms with Gasteiger partial charge >= 0.3 is 11.9 Å². The van der Waals surface area contributed by atoms with Crippen LogP contribution in [0.5, 0.6) is 0 Å². The predicted octanol–water partition coefficient (Wildman–Crippen LogP) is 0.626. The number of ketones is 3. The number of carbonyl (C=O) groups is 5. The summed E-state index contributed by atoms with van der Waals surface area (Å²) in [6, 6.07) is 0. The molecule has 0 aromatic rings. The first-order valence-electron chi connectivity index (χ1n) is 7.81. The Kier molecular flexibility index (Phi) is 4.97. The Balaban J connectivity index is 2.29. The van der Waals surface area contributed by atoms with E-state index in [1.165, 1.54) is 0 Å². The van der Waals surface area contributed by atoms with Gasteiger partial charge in [-0.05, 0) is 26.7 Å². The van der Waals surface area contributed by atoms with Crippen LogP contribution >= 0.6 is 0 Å². The van der Waals surface area contributed by atoms with E-state index in [2.05, 4.69) is 0 Å². The first-order valence-corrected chi connectivity index (χ1v) is 7.81. The summed E-state index contributed by atoms with van der Waals surface area (Å²) in [5.41, 5.74) is -1.96. The minimum atomic E-state index is -1.96. The van der Waals surface area contributed by atoms with Crippen LogP contribution < -0.4 is 0 Å². The van der Waals surface area contributed by atoms with Crippen LogP contribution in [0.4, 0.5) is 0 Å². The lowest BCUT2D eigenvalue weighted by Crippen LogP contribution is -2.53. The summed E-state index contributed by atoms with van der Waals surface area (Å²) < 4.78 is 9.75. The van der Waals surface area contributed by atoms with E-state index in [0.29, 0.717) is 12.8 Å². The third kappa shape index (κ3) is 3.18. The summed E-state index contributed by atoms with van der Waals surface area (Å²) in [7, 11) is 0. The molecule has 23 heavy (non-hydrogen) atoms. The summed E-state index contributed by atoms with van der Waals surface area (Å²) in [6.45, 7) is 3.13. The maximum Gasteiger partial charge on any atom is 0.324 e. The molecule has 2 rings (SSSR count). The van der Waals surface area contributed by atoms with Crippen molar-refractivity contribution in [3.05, 3.63) is 0 Å². The average molecular weight is 324 g/mol. The molecule has 0 spiro atoms. The molecule has 0 saturated heterocycles. The van der Waals surface area contributed by atoms with E-state index in [0.717, 1.165) is 0 Å². The van der Waals surface area contributed by atoms with Gasteiger partial charge in [-0.2, -0.15) is 0 Å². The predicted molar refractivity (Wildman–Crippen MR) is 76.2 cm³/mol. The van der Waals surface area contributed by atoms with E-state index in [1.807, 2.05) is 0 Å². The van der Waals surface area contributed by atoms with Gasteiger partial charge in [0, 0.05) is 18.8 Å². The van der Waals surface area contributed by atoms with Gasteiger partial charge in [-0.15, -0.1) is 0 Å². The van der Waals surface area contributed by atoms with E-state index in [9.17, 15) is 24.0 Å². The molecule has 2 fully saturated rings. The largest absolute Gasteiger partial charge is 0.465 e. The highest BCUT2D eigenvalue weighted by atomic mass is 16.6. The van der Waals surface area contributed by atoms with Crippen LogP contribution in [0.25, 0.3) is 0 Å². The lowest BCUT2D eigenvalue weighted by Gasteiger charge is -2.33. The molecule has 7 heteroatoms. The molecule has 0 heterocycles. The average Bonchev–Trinajstić information content (AvgIpc) is 3.31. The van der Waals surface area contributed by atoms with E-state index >= 15 is 0 Å². The molecule has 0 amide bonds. The molecule has 0 atom stereocenters. The molecule has 2 saturated carbocycles. The van der Waals surface area contributed by atoms with E-state index in [4.69, 9.17) is 9.47 Å². The molecular formula is C16H20O7. The number of hydrogen-bond acceptors (Lipinski definition) is 7. The first-order chi connectivity index (χ1) is 10.9. The van der Waals surface area contributed by atoms with Gasteiger partial charge in [0.2, 0.25) is 0 Å². The summed E-state index contributed by atoms with van der Waals surface area (Å²) in [5.74, 6) is -5.26. The Bertz CT molecular complexity index is 521. The summed E-state index contributed by atoms with van der Waals surface area (Å²) in [4.78, 5) is 61.3. The van der Waals surface area contributed by atoms with Crippen LogP contribution in [0.15, 0.2) is 0 Å².